The molecule has 0 aliphatic heterocycles. The first-order valence-electron chi connectivity index (χ1n) is 8.83. The molecule has 0 aliphatic rings. The van der Waals surface area contributed by atoms with E-state index in [0.29, 0.717) is 17.5 Å². The van der Waals surface area contributed by atoms with Gasteiger partial charge in [-0.15, -0.1) is 0 Å². The predicted molar refractivity (Wildman–Crippen MR) is 98.2 cm³/mol. The number of hydrogen-bond acceptors (Lipinski definition) is 5. The fourth-order valence-electron chi connectivity index (χ4n) is 2.51. The van der Waals surface area contributed by atoms with Crippen LogP contribution in [0.1, 0.15) is 40.5 Å². The van der Waals surface area contributed by atoms with Crippen LogP contribution in [0.5, 0.6) is 0 Å². The Kier molecular flexibility index (Phi) is 7.95. The number of halogens is 1. The smallest absolute Gasteiger partial charge is 0.338 e. The molecule has 0 fully saturated rings. The van der Waals surface area contributed by atoms with Crippen molar-refractivity contribution in [3.63, 3.8) is 0 Å². The van der Waals surface area contributed by atoms with Crippen LogP contribution in [0.4, 0.5) is 4.39 Å². The minimum atomic E-state index is -1.87. The summed E-state index contributed by atoms with van der Waals surface area (Å²) in [6.07, 6.45) is -3.81. The Hall–Kier alpha value is -2.73. The SMILES string of the molecule is CCCC(OC(=O)c1ccccc1)C(F)C(O)COC(=O)c1ccccc1. The third-order valence-corrected chi connectivity index (χ3v) is 3.96. The van der Waals surface area contributed by atoms with E-state index >= 15 is 0 Å². The van der Waals surface area contributed by atoms with Gasteiger partial charge in [-0.25, -0.2) is 14.0 Å². The predicted octanol–water partition coefficient (Wildman–Crippen LogP) is 3.57. The summed E-state index contributed by atoms with van der Waals surface area (Å²) in [7, 11) is 0. The fourth-order valence-corrected chi connectivity index (χ4v) is 2.51. The van der Waals surface area contributed by atoms with Crippen LogP contribution in [0.2, 0.25) is 0 Å². The number of benzene rings is 2. The van der Waals surface area contributed by atoms with Crippen LogP contribution in [0.25, 0.3) is 0 Å². The lowest BCUT2D eigenvalue weighted by molar-refractivity contribution is -0.0556. The summed E-state index contributed by atoms with van der Waals surface area (Å²) in [4.78, 5) is 24.0. The van der Waals surface area contributed by atoms with Crippen LogP contribution in [0, 0.1) is 0 Å². The molecule has 0 aliphatic carbocycles. The van der Waals surface area contributed by atoms with Gasteiger partial charge < -0.3 is 14.6 Å². The molecule has 0 saturated carbocycles. The highest BCUT2D eigenvalue weighted by molar-refractivity contribution is 5.89. The maximum absolute atomic E-state index is 14.7. The number of esters is 2. The van der Waals surface area contributed by atoms with Crippen LogP contribution in [-0.2, 0) is 9.47 Å². The van der Waals surface area contributed by atoms with Crippen LogP contribution >= 0.6 is 0 Å². The minimum absolute atomic E-state index is 0.240. The number of aliphatic hydroxyl groups is 1. The normalized spacial score (nSPS) is 14.0. The van der Waals surface area contributed by atoms with Crippen molar-refractivity contribution in [1.82, 2.24) is 0 Å². The number of hydrogen-bond donors (Lipinski definition) is 1. The van der Waals surface area contributed by atoms with Crippen LogP contribution in [0.15, 0.2) is 60.7 Å². The van der Waals surface area contributed by atoms with E-state index in [4.69, 9.17) is 9.47 Å². The third kappa shape index (κ3) is 6.18. The molecule has 5 nitrogen and oxygen atoms in total. The maximum Gasteiger partial charge on any atom is 0.338 e. The van der Waals surface area contributed by atoms with Gasteiger partial charge in [-0.2, -0.15) is 0 Å². The van der Waals surface area contributed by atoms with Crippen molar-refractivity contribution in [1.29, 1.82) is 0 Å². The molecule has 3 unspecified atom stereocenters. The number of rotatable bonds is 9. The molecule has 1 N–H and O–H groups in total. The molecule has 27 heavy (non-hydrogen) atoms. The van der Waals surface area contributed by atoms with Crippen LogP contribution in [-0.4, -0.2) is 42.0 Å². The zero-order chi connectivity index (χ0) is 19.6. The van der Waals surface area contributed by atoms with E-state index in [1.807, 2.05) is 6.92 Å². The zero-order valence-electron chi connectivity index (χ0n) is 15.1. The van der Waals surface area contributed by atoms with E-state index in [1.54, 1.807) is 60.7 Å². The summed E-state index contributed by atoms with van der Waals surface area (Å²) in [5.41, 5.74) is 0.608. The molecule has 3 atom stereocenters. The first-order chi connectivity index (χ1) is 13.0. The van der Waals surface area contributed by atoms with E-state index < -0.39 is 36.9 Å². The number of carbonyl (C=O) groups is 2. The molecule has 0 saturated heterocycles. The van der Waals surface area contributed by atoms with Gasteiger partial charge in [0, 0.05) is 0 Å². The summed E-state index contributed by atoms with van der Waals surface area (Å²) in [6.45, 7) is 1.29. The summed E-state index contributed by atoms with van der Waals surface area (Å²) < 4.78 is 24.9. The molecule has 0 radical (unpaired) electrons. The number of carbonyl (C=O) groups excluding carboxylic acids is 2. The molecule has 2 aromatic carbocycles. The maximum atomic E-state index is 14.7. The lowest BCUT2D eigenvalue weighted by Crippen LogP contribution is -2.40. The highest BCUT2D eigenvalue weighted by Crippen LogP contribution is 2.17. The lowest BCUT2D eigenvalue weighted by atomic mass is 10.1. The van der Waals surface area contributed by atoms with Crippen molar-refractivity contribution in [3.05, 3.63) is 71.8 Å². The quantitative estimate of drug-likeness (QED) is 0.680. The summed E-state index contributed by atoms with van der Waals surface area (Å²) in [5.74, 6) is -1.32. The topological polar surface area (TPSA) is 72.8 Å². The van der Waals surface area contributed by atoms with Gasteiger partial charge in [0.2, 0.25) is 0 Å². The second kappa shape index (κ2) is 10.4. The summed E-state index contributed by atoms with van der Waals surface area (Å²) in [5, 5.41) is 10.1. The van der Waals surface area contributed by atoms with Crippen molar-refractivity contribution < 1.29 is 28.6 Å². The van der Waals surface area contributed by atoms with E-state index in [9.17, 15) is 19.1 Å². The second-order valence-corrected chi connectivity index (χ2v) is 6.07. The van der Waals surface area contributed by atoms with Gasteiger partial charge in [-0.3, -0.25) is 0 Å². The molecule has 0 aromatic heterocycles. The van der Waals surface area contributed by atoms with Gasteiger partial charge >= 0.3 is 11.9 Å². The average molecular weight is 374 g/mol. The van der Waals surface area contributed by atoms with Crippen molar-refractivity contribution in [2.45, 2.75) is 38.1 Å². The van der Waals surface area contributed by atoms with E-state index in [1.165, 1.54) is 0 Å². The Bertz CT molecular complexity index is 720. The molecule has 0 amide bonds. The lowest BCUT2D eigenvalue weighted by Gasteiger charge is -2.24. The van der Waals surface area contributed by atoms with Crippen LogP contribution in [0.3, 0.4) is 0 Å². The Labute approximate surface area is 157 Å². The van der Waals surface area contributed by atoms with Gasteiger partial charge in [-0.1, -0.05) is 49.7 Å². The standard InChI is InChI=1S/C21H23FO5/c1-2-9-18(27-21(25)16-12-7-4-8-13-16)19(22)17(23)14-26-20(24)15-10-5-3-6-11-15/h3-8,10-13,17-19,23H,2,9,14H2,1H3. The van der Waals surface area contributed by atoms with Crippen molar-refractivity contribution in [2.75, 3.05) is 6.61 Å². The van der Waals surface area contributed by atoms with Gasteiger partial charge in [0.25, 0.3) is 0 Å². The number of alkyl halides is 1. The Balaban J connectivity index is 1.93. The minimum Gasteiger partial charge on any atom is -0.459 e. The Morgan fingerprint density at radius 3 is 2.00 bits per heavy atom. The molecule has 0 heterocycles. The highest BCUT2D eigenvalue weighted by atomic mass is 19.1. The van der Waals surface area contributed by atoms with Crippen molar-refractivity contribution in [3.8, 4) is 0 Å². The summed E-state index contributed by atoms with van der Waals surface area (Å²) >= 11 is 0. The van der Waals surface area contributed by atoms with Gasteiger partial charge in [0.1, 0.15) is 18.8 Å². The Morgan fingerprint density at radius 2 is 1.48 bits per heavy atom. The fraction of sp³-hybridized carbons (Fsp3) is 0.333. The number of ether oxygens (including phenoxy) is 2. The first kappa shape index (κ1) is 20.6. The second-order valence-electron chi connectivity index (χ2n) is 6.07. The van der Waals surface area contributed by atoms with Crippen molar-refractivity contribution in [2.24, 2.45) is 0 Å². The van der Waals surface area contributed by atoms with Gasteiger partial charge in [-0.05, 0) is 30.7 Å². The van der Waals surface area contributed by atoms with Crippen molar-refractivity contribution >= 4 is 11.9 Å². The van der Waals surface area contributed by atoms with E-state index in [0.717, 1.165) is 0 Å². The van der Waals surface area contributed by atoms with E-state index in [2.05, 4.69) is 0 Å². The average Bonchev–Trinajstić information content (AvgIpc) is 2.72. The molecule has 0 bridgehead atoms. The monoisotopic (exact) mass is 374 g/mol. The highest BCUT2D eigenvalue weighted by Gasteiger charge is 2.32. The molecule has 2 rings (SSSR count). The number of aliphatic hydroxyl groups excluding tert-OH is 1. The molecular formula is C21H23FO5. The summed E-state index contributed by atoms with van der Waals surface area (Å²) in [6, 6.07) is 16.4. The van der Waals surface area contributed by atoms with Gasteiger partial charge in [0.05, 0.1) is 11.1 Å². The molecule has 0 spiro atoms. The molecule has 2 aromatic rings. The molecule has 6 heteroatoms. The van der Waals surface area contributed by atoms with Gasteiger partial charge in [0.15, 0.2) is 6.17 Å². The van der Waals surface area contributed by atoms with E-state index in [-0.39, 0.29) is 6.42 Å². The van der Waals surface area contributed by atoms with Crippen LogP contribution < -0.4 is 0 Å². The first-order valence-corrected chi connectivity index (χ1v) is 8.83. The Morgan fingerprint density at radius 1 is 0.963 bits per heavy atom. The third-order valence-electron chi connectivity index (χ3n) is 3.96. The molecular weight excluding hydrogens is 351 g/mol. The zero-order valence-corrected chi connectivity index (χ0v) is 15.1. The molecule has 144 valence electrons. The largest absolute Gasteiger partial charge is 0.459 e.